The van der Waals surface area contributed by atoms with E-state index in [2.05, 4.69) is 14.5 Å². The lowest BCUT2D eigenvalue weighted by molar-refractivity contribution is 0.245. The van der Waals surface area contributed by atoms with Crippen LogP contribution in [-0.4, -0.2) is 40.3 Å². The average molecular weight is 385 g/mol. The fraction of sp³-hybridized carbons (Fsp3) is 0.400. The smallest absolute Gasteiger partial charge is 0.243 e. The van der Waals surface area contributed by atoms with E-state index in [1.807, 2.05) is 32.0 Å². The molecule has 3 heterocycles. The summed E-state index contributed by atoms with van der Waals surface area (Å²) in [6, 6.07) is 11.0. The molecule has 27 heavy (non-hydrogen) atoms. The van der Waals surface area contributed by atoms with Crippen LogP contribution < -0.4 is 0 Å². The summed E-state index contributed by atoms with van der Waals surface area (Å²) >= 11 is 0. The van der Waals surface area contributed by atoms with Crippen LogP contribution in [0.1, 0.15) is 24.2 Å². The summed E-state index contributed by atoms with van der Waals surface area (Å²) < 4.78 is 29.9. The molecule has 0 amide bonds. The Balaban J connectivity index is 1.57. The van der Waals surface area contributed by atoms with Gasteiger partial charge in [-0.05, 0) is 62.4 Å². The van der Waals surface area contributed by atoms with E-state index >= 15 is 0 Å². The molecule has 1 atom stereocenters. The normalized spacial score (nSPS) is 18.8. The van der Waals surface area contributed by atoms with Gasteiger partial charge in [0.15, 0.2) is 5.65 Å². The van der Waals surface area contributed by atoms with Gasteiger partial charge >= 0.3 is 0 Å². The number of sulfonamides is 1. The largest absolute Gasteiger partial charge is 0.313 e. The molecular weight excluding hydrogens is 360 g/mol. The molecule has 0 spiro atoms. The number of pyridine rings is 1. The maximum Gasteiger partial charge on any atom is 0.243 e. The number of fused-ring (bicyclic) bond motifs is 1. The molecule has 1 aliphatic heterocycles. The van der Waals surface area contributed by atoms with Crippen LogP contribution in [0.3, 0.4) is 0 Å². The standard InChI is InChI=1S/C20H24N4O2S/c1-15-6-3-8-18(12-15)27(25,26)23-11-5-7-17(13-23)14-24-16(2)22-19-9-4-10-21-20(19)24/h3-4,6,8-10,12,17H,5,7,11,13-14H2,1-2H3. The molecule has 0 N–H and O–H groups in total. The van der Waals surface area contributed by atoms with Crippen molar-refractivity contribution in [3.63, 3.8) is 0 Å². The first-order valence-electron chi connectivity index (χ1n) is 9.30. The van der Waals surface area contributed by atoms with E-state index in [9.17, 15) is 8.42 Å². The van der Waals surface area contributed by atoms with E-state index in [1.165, 1.54) is 0 Å². The zero-order valence-corrected chi connectivity index (χ0v) is 16.5. The number of rotatable bonds is 4. The molecule has 4 rings (SSSR count). The van der Waals surface area contributed by atoms with Crippen molar-refractivity contribution < 1.29 is 8.42 Å². The van der Waals surface area contributed by atoms with Crippen LogP contribution in [0.4, 0.5) is 0 Å². The minimum absolute atomic E-state index is 0.247. The van der Waals surface area contributed by atoms with Gasteiger partial charge in [-0.1, -0.05) is 12.1 Å². The first kappa shape index (κ1) is 18.1. The van der Waals surface area contributed by atoms with Gasteiger partial charge in [0.1, 0.15) is 11.3 Å². The first-order valence-corrected chi connectivity index (χ1v) is 10.7. The van der Waals surface area contributed by atoms with Crippen LogP contribution in [0, 0.1) is 19.8 Å². The Morgan fingerprint density at radius 1 is 1.19 bits per heavy atom. The van der Waals surface area contributed by atoms with Crippen molar-refractivity contribution in [3.8, 4) is 0 Å². The van der Waals surface area contributed by atoms with Crippen molar-refractivity contribution in [2.75, 3.05) is 13.1 Å². The summed E-state index contributed by atoms with van der Waals surface area (Å²) in [5, 5.41) is 0. The number of piperidine rings is 1. The Kier molecular flexibility index (Phi) is 4.74. The molecule has 2 aromatic heterocycles. The van der Waals surface area contributed by atoms with Crippen molar-refractivity contribution in [1.29, 1.82) is 0 Å². The number of aromatic nitrogens is 3. The van der Waals surface area contributed by atoms with E-state index in [4.69, 9.17) is 0 Å². The highest BCUT2D eigenvalue weighted by Gasteiger charge is 2.31. The summed E-state index contributed by atoms with van der Waals surface area (Å²) in [6.07, 6.45) is 3.65. The van der Waals surface area contributed by atoms with Gasteiger partial charge in [0.2, 0.25) is 10.0 Å². The Labute approximate surface area is 159 Å². The number of aryl methyl sites for hydroxylation is 2. The lowest BCUT2D eigenvalue weighted by Gasteiger charge is -2.32. The van der Waals surface area contributed by atoms with Gasteiger partial charge in [-0.25, -0.2) is 18.4 Å². The number of nitrogens with zero attached hydrogens (tertiary/aromatic N) is 4. The third-order valence-electron chi connectivity index (χ3n) is 5.24. The highest BCUT2D eigenvalue weighted by Crippen LogP contribution is 2.26. The van der Waals surface area contributed by atoms with Crippen LogP contribution in [0.25, 0.3) is 11.2 Å². The molecule has 1 aliphatic rings. The molecule has 6 nitrogen and oxygen atoms in total. The lowest BCUT2D eigenvalue weighted by atomic mass is 9.99. The van der Waals surface area contributed by atoms with Gasteiger partial charge in [-0.3, -0.25) is 0 Å². The summed E-state index contributed by atoms with van der Waals surface area (Å²) in [5.74, 6) is 1.17. The van der Waals surface area contributed by atoms with Gasteiger partial charge in [-0.2, -0.15) is 4.31 Å². The maximum absolute atomic E-state index is 13.1. The predicted molar refractivity (Wildman–Crippen MR) is 105 cm³/mol. The SMILES string of the molecule is Cc1cccc(S(=O)(=O)N2CCCC(Cn3c(C)nc4cccnc43)C2)c1. The molecule has 0 bridgehead atoms. The number of hydrogen-bond donors (Lipinski definition) is 0. The van der Waals surface area contributed by atoms with Crippen LogP contribution in [-0.2, 0) is 16.6 Å². The maximum atomic E-state index is 13.1. The minimum Gasteiger partial charge on any atom is -0.313 e. The third kappa shape index (κ3) is 3.49. The molecule has 3 aromatic rings. The zero-order valence-electron chi connectivity index (χ0n) is 15.7. The van der Waals surface area contributed by atoms with Gasteiger partial charge in [-0.15, -0.1) is 0 Å². The Morgan fingerprint density at radius 2 is 2.04 bits per heavy atom. The summed E-state index contributed by atoms with van der Waals surface area (Å²) in [5.41, 5.74) is 2.71. The first-order chi connectivity index (χ1) is 12.9. The van der Waals surface area contributed by atoms with Gasteiger partial charge in [0, 0.05) is 25.8 Å². The predicted octanol–water partition coefficient (Wildman–Crippen LogP) is 3.15. The highest BCUT2D eigenvalue weighted by molar-refractivity contribution is 7.89. The van der Waals surface area contributed by atoms with E-state index in [-0.39, 0.29) is 5.92 Å². The van der Waals surface area contributed by atoms with Crippen LogP contribution in [0.15, 0.2) is 47.5 Å². The topological polar surface area (TPSA) is 68.1 Å². The van der Waals surface area contributed by atoms with E-state index in [1.54, 1.807) is 28.7 Å². The van der Waals surface area contributed by atoms with Crippen molar-refractivity contribution in [2.45, 2.75) is 38.1 Å². The second-order valence-corrected chi connectivity index (χ2v) is 9.24. The van der Waals surface area contributed by atoms with Crippen molar-refractivity contribution in [1.82, 2.24) is 18.8 Å². The highest BCUT2D eigenvalue weighted by atomic mass is 32.2. The minimum atomic E-state index is -3.46. The molecule has 142 valence electrons. The molecule has 1 unspecified atom stereocenters. The number of imidazole rings is 1. The van der Waals surface area contributed by atoms with E-state index in [0.717, 1.165) is 41.9 Å². The summed E-state index contributed by atoms with van der Waals surface area (Å²) in [7, 11) is -3.46. The molecule has 1 saturated heterocycles. The van der Waals surface area contributed by atoms with Crippen LogP contribution in [0.5, 0.6) is 0 Å². The molecule has 7 heteroatoms. The van der Waals surface area contributed by atoms with Crippen LogP contribution in [0.2, 0.25) is 0 Å². The van der Waals surface area contributed by atoms with E-state index < -0.39 is 10.0 Å². The van der Waals surface area contributed by atoms with Crippen molar-refractivity contribution >= 4 is 21.2 Å². The average Bonchev–Trinajstić information content (AvgIpc) is 2.97. The molecule has 1 aromatic carbocycles. The summed E-state index contributed by atoms with van der Waals surface area (Å²) in [6.45, 7) is 5.74. The monoisotopic (exact) mass is 384 g/mol. The Hall–Kier alpha value is -2.25. The molecule has 0 saturated carbocycles. The molecule has 1 fully saturated rings. The quantitative estimate of drug-likeness (QED) is 0.693. The van der Waals surface area contributed by atoms with Gasteiger partial charge in [0.05, 0.1) is 4.90 Å². The van der Waals surface area contributed by atoms with Crippen molar-refractivity contribution in [3.05, 3.63) is 54.0 Å². The van der Waals surface area contributed by atoms with Crippen LogP contribution >= 0.6 is 0 Å². The molecule has 0 aliphatic carbocycles. The Morgan fingerprint density at radius 3 is 2.85 bits per heavy atom. The fourth-order valence-corrected chi connectivity index (χ4v) is 5.53. The molecular formula is C20H24N4O2S. The Bertz CT molecular complexity index is 1070. The summed E-state index contributed by atoms with van der Waals surface area (Å²) in [4.78, 5) is 9.42. The van der Waals surface area contributed by atoms with Gasteiger partial charge in [0.25, 0.3) is 0 Å². The third-order valence-corrected chi connectivity index (χ3v) is 7.11. The van der Waals surface area contributed by atoms with E-state index in [0.29, 0.717) is 18.0 Å². The fourth-order valence-electron chi connectivity index (χ4n) is 3.87. The lowest BCUT2D eigenvalue weighted by Crippen LogP contribution is -2.41. The van der Waals surface area contributed by atoms with Crippen molar-refractivity contribution in [2.24, 2.45) is 5.92 Å². The zero-order chi connectivity index (χ0) is 19.0. The molecule has 0 radical (unpaired) electrons. The number of hydrogen-bond acceptors (Lipinski definition) is 4. The number of benzene rings is 1. The second-order valence-electron chi connectivity index (χ2n) is 7.30. The van der Waals surface area contributed by atoms with Gasteiger partial charge < -0.3 is 4.57 Å². The second kappa shape index (κ2) is 7.05.